The summed E-state index contributed by atoms with van der Waals surface area (Å²) < 4.78 is 4.94. The van der Waals surface area contributed by atoms with Gasteiger partial charge in [-0.15, -0.1) is 0 Å². The van der Waals surface area contributed by atoms with Crippen LogP contribution in [0.5, 0.6) is 0 Å². The normalized spacial score (nSPS) is 10.6. The number of esters is 1. The van der Waals surface area contributed by atoms with Crippen molar-refractivity contribution in [3.8, 4) is 0 Å². The van der Waals surface area contributed by atoms with Gasteiger partial charge in [-0.05, 0) is 31.2 Å². The molecule has 0 bridgehead atoms. The predicted octanol–water partition coefficient (Wildman–Crippen LogP) is 2.56. The van der Waals surface area contributed by atoms with Crippen molar-refractivity contribution < 1.29 is 14.3 Å². The van der Waals surface area contributed by atoms with Crippen molar-refractivity contribution in [1.82, 2.24) is 15.0 Å². The number of H-pyrrole nitrogens is 1. The lowest BCUT2D eigenvalue weighted by Crippen LogP contribution is -2.34. The van der Waals surface area contributed by atoms with Crippen molar-refractivity contribution in [3.63, 3.8) is 0 Å². The zero-order valence-corrected chi connectivity index (χ0v) is 13.8. The minimum Gasteiger partial charge on any atom is -0.466 e. The second-order valence-corrected chi connectivity index (χ2v) is 5.30. The number of nitrogens with zero attached hydrogens (tertiary/aromatic N) is 3. The summed E-state index contributed by atoms with van der Waals surface area (Å²) in [4.78, 5) is 37.6. The molecule has 7 nitrogen and oxygen atoms in total. The van der Waals surface area contributed by atoms with Gasteiger partial charge in [0.05, 0.1) is 24.1 Å². The van der Waals surface area contributed by atoms with E-state index in [0.29, 0.717) is 17.9 Å². The number of nitrogens with one attached hydrogen (secondary N) is 1. The molecule has 2 heterocycles. The molecule has 128 valence electrons. The number of pyridine rings is 1. The van der Waals surface area contributed by atoms with Crippen molar-refractivity contribution in [2.24, 2.45) is 0 Å². The molecule has 0 spiro atoms. The Morgan fingerprint density at radius 2 is 1.96 bits per heavy atom. The number of anilines is 1. The third-order valence-electron chi connectivity index (χ3n) is 3.61. The van der Waals surface area contributed by atoms with E-state index >= 15 is 0 Å². The Hall–Kier alpha value is -3.22. The lowest BCUT2D eigenvalue weighted by molar-refractivity contribution is -0.142. The Morgan fingerprint density at radius 1 is 1.16 bits per heavy atom. The molecule has 25 heavy (non-hydrogen) atoms. The van der Waals surface area contributed by atoms with E-state index in [2.05, 4.69) is 15.0 Å². The Morgan fingerprint density at radius 3 is 2.68 bits per heavy atom. The van der Waals surface area contributed by atoms with Crippen LogP contribution in [0.3, 0.4) is 0 Å². The van der Waals surface area contributed by atoms with Crippen LogP contribution in [0.2, 0.25) is 0 Å². The SMILES string of the molecule is CCOC(=O)CCN(C(=O)c1nc2ccccc2[nH]1)c1ccccn1. The third kappa shape index (κ3) is 3.82. The van der Waals surface area contributed by atoms with Gasteiger partial charge in [-0.2, -0.15) is 0 Å². The van der Waals surface area contributed by atoms with Gasteiger partial charge in [0.2, 0.25) is 0 Å². The molecule has 0 atom stereocenters. The molecule has 0 saturated heterocycles. The summed E-state index contributed by atoms with van der Waals surface area (Å²) in [5.41, 5.74) is 1.48. The smallest absolute Gasteiger partial charge is 0.307 e. The monoisotopic (exact) mass is 338 g/mol. The first kappa shape index (κ1) is 16.6. The quantitative estimate of drug-likeness (QED) is 0.698. The molecule has 2 aromatic heterocycles. The Bertz CT molecular complexity index is 843. The van der Waals surface area contributed by atoms with Gasteiger partial charge in [0.1, 0.15) is 5.82 Å². The highest BCUT2D eigenvalue weighted by Gasteiger charge is 2.22. The van der Waals surface area contributed by atoms with Crippen LogP contribution in [0, 0.1) is 0 Å². The van der Waals surface area contributed by atoms with Crippen LogP contribution in [-0.4, -0.2) is 40.0 Å². The van der Waals surface area contributed by atoms with Gasteiger partial charge in [-0.25, -0.2) is 9.97 Å². The number of carbonyl (C=O) groups excluding carboxylic acids is 2. The zero-order chi connectivity index (χ0) is 17.6. The van der Waals surface area contributed by atoms with Crippen LogP contribution in [0.25, 0.3) is 11.0 Å². The molecular weight excluding hydrogens is 320 g/mol. The summed E-state index contributed by atoms with van der Waals surface area (Å²) in [6, 6.07) is 12.7. The van der Waals surface area contributed by atoms with Gasteiger partial charge in [0.15, 0.2) is 5.82 Å². The molecule has 3 aromatic rings. The van der Waals surface area contributed by atoms with Gasteiger partial charge >= 0.3 is 5.97 Å². The maximum Gasteiger partial charge on any atom is 0.307 e. The van der Waals surface area contributed by atoms with E-state index in [9.17, 15) is 9.59 Å². The average Bonchev–Trinajstić information content (AvgIpc) is 3.07. The number of aromatic nitrogens is 3. The number of para-hydroxylation sites is 2. The van der Waals surface area contributed by atoms with Crippen molar-refractivity contribution in [3.05, 3.63) is 54.5 Å². The van der Waals surface area contributed by atoms with E-state index in [1.54, 1.807) is 31.3 Å². The lowest BCUT2D eigenvalue weighted by Gasteiger charge is -2.20. The highest BCUT2D eigenvalue weighted by atomic mass is 16.5. The second kappa shape index (κ2) is 7.57. The Balaban J connectivity index is 1.87. The lowest BCUT2D eigenvalue weighted by atomic mass is 10.3. The van der Waals surface area contributed by atoms with E-state index in [0.717, 1.165) is 5.52 Å². The molecule has 0 fully saturated rings. The fourth-order valence-electron chi connectivity index (χ4n) is 2.45. The maximum atomic E-state index is 12.9. The summed E-state index contributed by atoms with van der Waals surface area (Å²) in [6.07, 6.45) is 1.68. The molecule has 1 N–H and O–H groups in total. The molecule has 1 aromatic carbocycles. The first-order valence-electron chi connectivity index (χ1n) is 8.02. The highest BCUT2D eigenvalue weighted by Crippen LogP contribution is 2.16. The van der Waals surface area contributed by atoms with E-state index in [-0.39, 0.29) is 30.7 Å². The number of rotatable bonds is 6. The molecule has 0 aliphatic carbocycles. The molecule has 0 unspecified atom stereocenters. The van der Waals surface area contributed by atoms with E-state index in [1.165, 1.54) is 4.90 Å². The second-order valence-electron chi connectivity index (χ2n) is 5.30. The van der Waals surface area contributed by atoms with Crippen molar-refractivity contribution in [1.29, 1.82) is 0 Å². The number of ether oxygens (including phenoxy) is 1. The number of carbonyl (C=O) groups is 2. The standard InChI is InChI=1S/C18H18N4O3/c1-2-25-16(23)10-12-22(15-9-5-6-11-19-15)18(24)17-20-13-7-3-4-8-14(13)21-17/h3-9,11H,2,10,12H2,1H3,(H,20,21). The van der Waals surface area contributed by atoms with Crippen LogP contribution in [-0.2, 0) is 9.53 Å². The minimum atomic E-state index is -0.360. The number of hydrogen-bond donors (Lipinski definition) is 1. The number of amides is 1. The first-order valence-corrected chi connectivity index (χ1v) is 8.02. The van der Waals surface area contributed by atoms with Crippen LogP contribution < -0.4 is 4.90 Å². The highest BCUT2D eigenvalue weighted by molar-refractivity contribution is 6.04. The number of hydrogen-bond acceptors (Lipinski definition) is 5. The van der Waals surface area contributed by atoms with E-state index < -0.39 is 0 Å². The topological polar surface area (TPSA) is 88.2 Å². The number of fused-ring (bicyclic) bond motifs is 1. The third-order valence-corrected chi connectivity index (χ3v) is 3.61. The Labute approximate surface area is 144 Å². The maximum absolute atomic E-state index is 12.9. The number of aromatic amines is 1. The molecule has 0 aliphatic rings. The fraction of sp³-hybridized carbons (Fsp3) is 0.222. The summed E-state index contributed by atoms with van der Waals surface area (Å²) in [5, 5.41) is 0. The predicted molar refractivity (Wildman–Crippen MR) is 93.3 cm³/mol. The molecule has 0 saturated carbocycles. The average molecular weight is 338 g/mol. The molecule has 3 rings (SSSR count). The largest absolute Gasteiger partial charge is 0.466 e. The van der Waals surface area contributed by atoms with Gasteiger partial charge in [-0.1, -0.05) is 18.2 Å². The van der Waals surface area contributed by atoms with E-state index in [1.807, 2.05) is 24.3 Å². The first-order chi connectivity index (χ1) is 12.2. The van der Waals surface area contributed by atoms with Crippen LogP contribution >= 0.6 is 0 Å². The van der Waals surface area contributed by atoms with Crippen LogP contribution in [0.4, 0.5) is 5.82 Å². The van der Waals surface area contributed by atoms with Crippen molar-refractivity contribution in [2.75, 3.05) is 18.1 Å². The molecule has 7 heteroatoms. The van der Waals surface area contributed by atoms with Gasteiger partial charge < -0.3 is 9.72 Å². The number of imidazole rings is 1. The summed E-state index contributed by atoms with van der Waals surface area (Å²) in [6.45, 7) is 2.21. The summed E-state index contributed by atoms with van der Waals surface area (Å²) in [7, 11) is 0. The fourth-order valence-corrected chi connectivity index (χ4v) is 2.45. The van der Waals surface area contributed by atoms with Crippen molar-refractivity contribution in [2.45, 2.75) is 13.3 Å². The van der Waals surface area contributed by atoms with Crippen molar-refractivity contribution >= 4 is 28.7 Å². The Kier molecular flexibility index (Phi) is 5.03. The number of benzene rings is 1. The minimum absolute atomic E-state index is 0.0797. The molecule has 0 aliphatic heterocycles. The van der Waals surface area contributed by atoms with Crippen LogP contribution in [0.15, 0.2) is 48.7 Å². The van der Waals surface area contributed by atoms with Gasteiger partial charge in [0, 0.05) is 12.7 Å². The summed E-state index contributed by atoms with van der Waals surface area (Å²) in [5.74, 6) is -0.0481. The molecule has 1 amide bonds. The van der Waals surface area contributed by atoms with E-state index in [4.69, 9.17) is 4.74 Å². The zero-order valence-electron chi connectivity index (χ0n) is 13.8. The van der Waals surface area contributed by atoms with Crippen LogP contribution in [0.1, 0.15) is 24.0 Å². The molecular formula is C18H18N4O3. The van der Waals surface area contributed by atoms with Gasteiger partial charge in [0.25, 0.3) is 5.91 Å². The molecule has 0 radical (unpaired) electrons. The summed E-state index contributed by atoms with van der Waals surface area (Å²) >= 11 is 0. The van der Waals surface area contributed by atoms with Gasteiger partial charge in [-0.3, -0.25) is 14.5 Å².